The molecule has 1 aliphatic rings. The van der Waals surface area contributed by atoms with Crippen LogP contribution in [0.1, 0.15) is 40.2 Å². The Bertz CT molecular complexity index is 613. The van der Waals surface area contributed by atoms with Crippen molar-refractivity contribution < 1.29 is 29.2 Å². The summed E-state index contributed by atoms with van der Waals surface area (Å²) in [5.74, 6) is 0. The molecule has 0 bridgehead atoms. The molecule has 27 heavy (non-hydrogen) atoms. The number of carbonyl (C=O) groups is 1. The summed E-state index contributed by atoms with van der Waals surface area (Å²) >= 11 is 0. The smallest absolute Gasteiger partial charge is 0.412 e. The number of hydrogen-bond acceptors (Lipinski definition) is 6. The van der Waals surface area contributed by atoms with Gasteiger partial charge in [-0.25, -0.2) is 4.79 Å². The Kier molecular flexibility index (Phi) is 6.86. The maximum Gasteiger partial charge on any atom is 0.412 e. The van der Waals surface area contributed by atoms with Gasteiger partial charge in [0.15, 0.2) is 0 Å². The van der Waals surface area contributed by atoms with Gasteiger partial charge in [0.1, 0.15) is 23.5 Å². The first kappa shape index (κ1) is 21.6. The van der Waals surface area contributed by atoms with Crippen LogP contribution < -0.4 is 0 Å². The van der Waals surface area contributed by atoms with Crippen LogP contribution in [0.15, 0.2) is 30.3 Å². The average molecular weight is 381 g/mol. The molecule has 0 spiro atoms. The van der Waals surface area contributed by atoms with Crippen molar-refractivity contribution in [1.29, 1.82) is 0 Å². The SMILES string of the molecule is CC(C)(C)OC(=O)N1[C@H]([C@H](OCc2ccccc2)[C@H](O)CO)COC1(C)C. The van der Waals surface area contributed by atoms with E-state index in [0.29, 0.717) is 0 Å². The van der Waals surface area contributed by atoms with E-state index in [-0.39, 0.29) is 13.2 Å². The summed E-state index contributed by atoms with van der Waals surface area (Å²) in [5, 5.41) is 19.8. The fourth-order valence-electron chi connectivity index (χ4n) is 3.09. The minimum atomic E-state index is -1.17. The lowest BCUT2D eigenvalue weighted by Crippen LogP contribution is -2.56. The summed E-state index contributed by atoms with van der Waals surface area (Å²) in [7, 11) is 0. The highest BCUT2D eigenvalue weighted by molar-refractivity contribution is 5.70. The topological polar surface area (TPSA) is 88.5 Å². The minimum absolute atomic E-state index is 0.169. The molecule has 7 nitrogen and oxygen atoms in total. The van der Waals surface area contributed by atoms with E-state index in [1.54, 1.807) is 34.6 Å². The fraction of sp³-hybridized carbons (Fsp3) is 0.650. The molecule has 7 heteroatoms. The monoisotopic (exact) mass is 381 g/mol. The first-order chi connectivity index (χ1) is 12.5. The molecule has 0 radical (unpaired) electrons. The first-order valence-corrected chi connectivity index (χ1v) is 9.16. The molecule has 0 saturated carbocycles. The predicted octanol–water partition coefficient (Wildman–Crippen LogP) is 2.30. The zero-order chi connectivity index (χ0) is 20.2. The van der Waals surface area contributed by atoms with Crippen molar-refractivity contribution in [3.63, 3.8) is 0 Å². The van der Waals surface area contributed by atoms with Crippen LogP contribution in [0.25, 0.3) is 0 Å². The van der Waals surface area contributed by atoms with Crippen LogP contribution in [0.2, 0.25) is 0 Å². The maximum absolute atomic E-state index is 12.8. The Labute approximate surface area is 160 Å². The van der Waals surface area contributed by atoms with Crippen molar-refractivity contribution in [3.05, 3.63) is 35.9 Å². The number of rotatable bonds is 6. The van der Waals surface area contributed by atoms with E-state index in [9.17, 15) is 15.0 Å². The molecule has 0 unspecified atom stereocenters. The molecule has 0 aromatic heterocycles. The van der Waals surface area contributed by atoms with Crippen LogP contribution in [0.5, 0.6) is 0 Å². The summed E-state index contributed by atoms with van der Waals surface area (Å²) in [5.41, 5.74) is -0.665. The lowest BCUT2D eigenvalue weighted by atomic mass is 10.0. The van der Waals surface area contributed by atoms with Gasteiger partial charge in [0.2, 0.25) is 0 Å². The van der Waals surface area contributed by atoms with Crippen molar-refractivity contribution in [2.75, 3.05) is 13.2 Å². The molecule has 1 heterocycles. The number of aliphatic hydroxyl groups excluding tert-OH is 2. The molecule has 1 aromatic rings. The van der Waals surface area contributed by atoms with Crippen molar-refractivity contribution in [1.82, 2.24) is 4.90 Å². The Hall–Kier alpha value is -1.67. The van der Waals surface area contributed by atoms with E-state index in [0.717, 1.165) is 5.56 Å². The molecule has 3 atom stereocenters. The molecule has 1 saturated heterocycles. The number of nitrogens with zero attached hydrogens (tertiary/aromatic N) is 1. The summed E-state index contributed by atoms with van der Waals surface area (Å²) < 4.78 is 17.2. The molecular weight excluding hydrogens is 350 g/mol. The Morgan fingerprint density at radius 1 is 1.33 bits per heavy atom. The van der Waals surface area contributed by atoms with Crippen molar-refractivity contribution in [2.24, 2.45) is 0 Å². The quantitative estimate of drug-likeness (QED) is 0.786. The van der Waals surface area contributed by atoms with E-state index in [1.807, 2.05) is 30.3 Å². The highest BCUT2D eigenvalue weighted by atomic mass is 16.6. The second-order valence-corrected chi connectivity index (χ2v) is 8.19. The number of carbonyl (C=O) groups excluding carboxylic acids is 1. The predicted molar refractivity (Wildman–Crippen MR) is 100 cm³/mol. The van der Waals surface area contributed by atoms with Gasteiger partial charge in [-0.3, -0.25) is 4.90 Å². The van der Waals surface area contributed by atoms with Gasteiger partial charge in [0.05, 0.1) is 25.9 Å². The van der Waals surface area contributed by atoms with Gasteiger partial charge in [0, 0.05) is 0 Å². The normalized spacial score (nSPS) is 21.7. The third-order valence-corrected chi connectivity index (χ3v) is 4.34. The summed E-state index contributed by atoms with van der Waals surface area (Å²) in [6, 6.07) is 8.91. The van der Waals surface area contributed by atoms with Crippen LogP contribution in [0.4, 0.5) is 4.79 Å². The minimum Gasteiger partial charge on any atom is -0.444 e. The molecule has 152 valence electrons. The molecule has 1 fully saturated rings. The van der Waals surface area contributed by atoms with Gasteiger partial charge in [-0.15, -0.1) is 0 Å². The zero-order valence-corrected chi connectivity index (χ0v) is 16.7. The Morgan fingerprint density at radius 3 is 2.52 bits per heavy atom. The van der Waals surface area contributed by atoms with Gasteiger partial charge in [-0.1, -0.05) is 30.3 Å². The largest absolute Gasteiger partial charge is 0.444 e. The second-order valence-electron chi connectivity index (χ2n) is 8.19. The lowest BCUT2D eigenvalue weighted by Gasteiger charge is -2.38. The number of hydrogen-bond donors (Lipinski definition) is 2. The molecular formula is C20H31NO6. The van der Waals surface area contributed by atoms with Crippen LogP contribution in [-0.2, 0) is 20.8 Å². The lowest BCUT2D eigenvalue weighted by molar-refractivity contribution is -0.107. The molecule has 1 amide bonds. The third kappa shape index (κ3) is 5.65. The number of ether oxygens (including phenoxy) is 3. The molecule has 1 aromatic carbocycles. The van der Waals surface area contributed by atoms with E-state index in [1.165, 1.54) is 4.90 Å². The van der Waals surface area contributed by atoms with Crippen molar-refractivity contribution in [3.8, 4) is 0 Å². The van der Waals surface area contributed by atoms with E-state index in [4.69, 9.17) is 14.2 Å². The van der Waals surface area contributed by atoms with Gasteiger partial charge < -0.3 is 24.4 Å². The Balaban J connectivity index is 2.22. The fourth-order valence-corrected chi connectivity index (χ4v) is 3.09. The number of aliphatic hydroxyl groups is 2. The first-order valence-electron chi connectivity index (χ1n) is 9.16. The van der Waals surface area contributed by atoms with Crippen molar-refractivity contribution in [2.45, 2.75) is 70.8 Å². The average Bonchev–Trinajstić information content (AvgIpc) is 2.89. The van der Waals surface area contributed by atoms with Crippen LogP contribution in [-0.4, -0.2) is 64.0 Å². The van der Waals surface area contributed by atoms with E-state index < -0.39 is 42.3 Å². The summed E-state index contributed by atoms with van der Waals surface area (Å²) in [4.78, 5) is 14.3. The zero-order valence-electron chi connectivity index (χ0n) is 16.7. The maximum atomic E-state index is 12.8. The number of benzene rings is 1. The second kappa shape index (κ2) is 8.56. The molecule has 1 aliphatic heterocycles. The third-order valence-electron chi connectivity index (χ3n) is 4.34. The van der Waals surface area contributed by atoms with Crippen LogP contribution in [0, 0.1) is 0 Å². The standard InChI is InChI=1S/C20H31NO6/c1-19(2,3)27-18(24)21-15(13-26-20(21,4)5)17(16(23)11-22)25-12-14-9-7-6-8-10-14/h6-10,15-17,22-23H,11-13H2,1-5H3/t15-,16+,17-/m0/s1. The van der Waals surface area contributed by atoms with Gasteiger partial charge >= 0.3 is 6.09 Å². The van der Waals surface area contributed by atoms with Crippen LogP contribution in [0.3, 0.4) is 0 Å². The molecule has 2 rings (SSSR count). The summed E-state index contributed by atoms with van der Waals surface area (Å²) in [6.07, 6.45) is -2.54. The summed E-state index contributed by atoms with van der Waals surface area (Å²) in [6.45, 7) is 8.80. The van der Waals surface area contributed by atoms with Gasteiger partial charge in [-0.2, -0.15) is 0 Å². The van der Waals surface area contributed by atoms with E-state index >= 15 is 0 Å². The molecule has 2 N–H and O–H groups in total. The Morgan fingerprint density at radius 2 is 1.96 bits per heavy atom. The van der Waals surface area contributed by atoms with Crippen LogP contribution >= 0.6 is 0 Å². The van der Waals surface area contributed by atoms with Gasteiger partial charge in [-0.05, 0) is 40.2 Å². The number of amides is 1. The molecule has 0 aliphatic carbocycles. The highest BCUT2D eigenvalue weighted by Crippen LogP contribution is 2.33. The van der Waals surface area contributed by atoms with Crippen molar-refractivity contribution >= 4 is 6.09 Å². The van der Waals surface area contributed by atoms with Gasteiger partial charge in [0.25, 0.3) is 0 Å². The van der Waals surface area contributed by atoms with E-state index in [2.05, 4.69) is 0 Å². The highest BCUT2D eigenvalue weighted by Gasteiger charge is 2.50.